The van der Waals surface area contributed by atoms with E-state index in [1.807, 2.05) is 11.6 Å². The van der Waals surface area contributed by atoms with Crippen LogP contribution in [0.2, 0.25) is 0 Å². The van der Waals surface area contributed by atoms with Crippen LogP contribution in [0.15, 0.2) is 14.5 Å². The number of fused-ring (bicyclic) bond motifs is 1. The molecular formula is C16H27N3O6S3. The minimum atomic E-state index is -4.14. The molecule has 28 heavy (non-hydrogen) atoms. The van der Waals surface area contributed by atoms with Gasteiger partial charge in [0, 0.05) is 44.3 Å². The van der Waals surface area contributed by atoms with Gasteiger partial charge < -0.3 is 10.1 Å². The summed E-state index contributed by atoms with van der Waals surface area (Å²) in [6.45, 7) is 6.56. The molecule has 0 spiro atoms. The molecule has 0 saturated carbocycles. The van der Waals surface area contributed by atoms with Gasteiger partial charge in [0.25, 0.3) is 20.0 Å². The van der Waals surface area contributed by atoms with Crippen molar-refractivity contribution in [2.24, 2.45) is 5.92 Å². The fourth-order valence-corrected chi connectivity index (χ4v) is 7.78. The zero-order valence-electron chi connectivity index (χ0n) is 16.4. The van der Waals surface area contributed by atoms with Crippen molar-refractivity contribution in [1.82, 2.24) is 14.3 Å². The molecule has 160 valence electrons. The molecule has 0 bridgehead atoms. The van der Waals surface area contributed by atoms with E-state index in [1.54, 1.807) is 21.0 Å². The Kier molecular flexibility index (Phi) is 7.62. The fraction of sp³-hybridized carbons (Fsp3) is 0.688. The van der Waals surface area contributed by atoms with E-state index in [1.165, 1.54) is 10.4 Å². The summed E-state index contributed by atoms with van der Waals surface area (Å²) in [5.41, 5.74) is 0.423. The molecule has 1 atom stereocenters. The van der Waals surface area contributed by atoms with Crippen molar-refractivity contribution in [3.63, 3.8) is 0 Å². The lowest BCUT2D eigenvalue weighted by Crippen LogP contribution is -2.43. The Hall–Kier alpha value is -1.05. The second-order valence-corrected chi connectivity index (χ2v) is 11.8. The van der Waals surface area contributed by atoms with Crippen LogP contribution in [-0.2, 0) is 29.6 Å². The molecule has 0 saturated heterocycles. The number of likely N-dealkylation sites (N-methyl/N-ethyl adjacent to an activating group) is 1. The van der Waals surface area contributed by atoms with Gasteiger partial charge in [-0.25, -0.2) is 21.6 Å². The van der Waals surface area contributed by atoms with E-state index in [9.17, 15) is 21.6 Å². The highest BCUT2D eigenvalue weighted by Gasteiger charge is 2.40. The van der Waals surface area contributed by atoms with Gasteiger partial charge in [-0.3, -0.25) is 4.79 Å². The maximum absolute atomic E-state index is 13.0. The molecule has 0 aromatic carbocycles. The average molecular weight is 454 g/mol. The van der Waals surface area contributed by atoms with E-state index < -0.39 is 31.9 Å². The van der Waals surface area contributed by atoms with Crippen LogP contribution in [0.25, 0.3) is 0 Å². The summed E-state index contributed by atoms with van der Waals surface area (Å²) >= 11 is 0.672. The average Bonchev–Trinajstić information content (AvgIpc) is 3.06. The summed E-state index contributed by atoms with van der Waals surface area (Å²) in [5, 5.41) is 3.21. The van der Waals surface area contributed by atoms with Crippen LogP contribution >= 0.6 is 11.3 Å². The third kappa shape index (κ3) is 4.92. The van der Waals surface area contributed by atoms with Gasteiger partial charge in [0.15, 0.2) is 0 Å². The zero-order chi connectivity index (χ0) is 21.1. The molecule has 9 nitrogen and oxygen atoms in total. The van der Waals surface area contributed by atoms with Gasteiger partial charge in [0.1, 0.15) is 8.42 Å². The standard InChI is InChI=1S/C16H27N3O6S3/c1-5-17-13-10-19(7-6-8-25-4)28(23,24)16-12(13)9-14(26-16)27(21,22)18-15(20)11(2)3/h9,11,13,17H,5-8,10H2,1-4H3,(H,18,20)/t13-/m0/s1. The second kappa shape index (κ2) is 9.18. The third-order valence-electron chi connectivity index (χ3n) is 4.27. The third-order valence-corrected chi connectivity index (χ3v) is 9.63. The van der Waals surface area contributed by atoms with Crippen molar-refractivity contribution in [1.29, 1.82) is 0 Å². The molecule has 1 aliphatic heterocycles. The molecule has 2 heterocycles. The van der Waals surface area contributed by atoms with Crippen LogP contribution in [-0.4, -0.2) is 60.4 Å². The molecule has 1 aromatic rings. The monoisotopic (exact) mass is 453 g/mol. The lowest BCUT2D eigenvalue weighted by atomic mass is 10.1. The van der Waals surface area contributed by atoms with E-state index in [-0.39, 0.29) is 27.5 Å². The lowest BCUT2D eigenvalue weighted by molar-refractivity contribution is -0.122. The number of amides is 1. The minimum absolute atomic E-state index is 0.000474. The normalized spacial score (nSPS) is 19.5. The van der Waals surface area contributed by atoms with Gasteiger partial charge in [-0.15, -0.1) is 11.3 Å². The summed E-state index contributed by atoms with van der Waals surface area (Å²) < 4.78 is 59.3. The van der Waals surface area contributed by atoms with Crippen molar-refractivity contribution in [2.45, 2.75) is 41.7 Å². The molecular weight excluding hydrogens is 426 g/mol. The summed E-state index contributed by atoms with van der Waals surface area (Å²) in [4.78, 5) is 11.8. The van der Waals surface area contributed by atoms with Crippen molar-refractivity contribution < 1.29 is 26.4 Å². The molecule has 0 aliphatic carbocycles. The van der Waals surface area contributed by atoms with Crippen molar-refractivity contribution in [3.05, 3.63) is 11.6 Å². The summed E-state index contributed by atoms with van der Waals surface area (Å²) in [6.07, 6.45) is 0.533. The number of nitrogens with zero attached hydrogens (tertiary/aromatic N) is 1. The highest BCUT2D eigenvalue weighted by Crippen LogP contribution is 2.40. The number of thiophene rings is 1. The Morgan fingerprint density at radius 2 is 2.11 bits per heavy atom. The number of rotatable bonds is 9. The summed E-state index contributed by atoms with van der Waals surface area (Å²) in [5.74, 6) is -1.16. The lowest BCUT2D eigenvalue weighted by Gasteiger charge is -2.32. The molecule has 2 rings (SSSR count). The van der Waals surface area contributed by atoms with Crippen LogP contribution in [0.5, 0.6) is 0 Å². The first-order valence-corrected chi connectivity index (χ1v) is 12.7. The number of carbonyl (C=O) groups is 1. The number of hydrogen-bond donors (Lipinski definition) is 2. The van der Waals surface area contributed by atoms with Gasteiger partial charge >= 0.3 is 0 Å². The zero-order valence-corrected chi connectivity index (χ0v) is 18.8. The van der Waals surface area contributed by atoms with E-state index in [0.29, 0.717) is 36.5 Å². The van der Waals surface area contributed by atoms with E-state index in [2.05, 4.69) is 5.32 Å². The van der Waals surface area contributed by atoms with Crippen molar-refractivity contribution >= 4 is 37.3 Å². The first kappa shape index (κ1) is 23.2. The fourth-order valence-electron chi connectivity index (χ4n) is 2.78. The van der Waals surface area contributed by atoms with Crippen LogP contribution in [0.3, 0.4) is 0 Å². The van der Waals surface area contributed by atoms with Gasteiger partial charge in [0.2, 0.25) is 5.91 Å². The Morgan fingerprint density at radius 1 is 1.43 bits per heavy atom. The first-order chi connectivity index (χ1) is 13.0. The van der Waals surface area contributed by atoms with Gasteiger partial charge in [0.05, 0.1) is 0 Å². The number of carbonyl (C=O) groups excluding carboxylic acids is 1. The topological polar surface area (TPSA) is 122 Å². The van der Waals surface area contributed by atoms with Gasteiger partial charge in [-0.1, -0.05) is 20.8 Å². The van der Waals surface area contributed by atoms with E-state index in [4.69, 9.17) is 4.74 Å². The number of sulfonamides is 2. The molecule has 0 radical (unpaired) electrons. The molecule has 1 aliphatic rings. The molecule has 0 fully saturated rings. The number of methoxy groups -OCH3 is 1. The number of ether oxygens (including phenoxy) is 1. The largest absolute Gasteiger partial charge is 0.385 e. The van der Waals surface area contributed by atoms with Gasteiger partial charge in [-0.05, 0) is 19.0 Å². The SMILES string of the molecule is CCN[C@H]1CN(CCCOC)S(=O)(=O)c2sc(S(=O)(=O)NC(=O)C(C)C)cc21. The first-order valence-electron chi connectivity index (χ1n) is 8.97. The van der Waals surface area contributed by atoms with E-state index in [0.717, 1.165) is 0 Å². The smallest absolute Gasteiger partial charge is 0.273 e. The molecule has 0 unspecified atom stereocenters. The van der Waals surface area contributed by atoms with Crippen LogP contribution < -0.4 is 10.0 Å². The molecule has 2 N–H and O–H groups in total. The van der Waals surface area contributed by atoms with Gasteiger partial charge in [-0.2, -0.15) is 4.31 Å². The maximum Gasteiger partial charge on any atom is 0.273 e. The summed E-state index contributed by atoms with van der Waals surface area (Å²) in [7, 11) is -6.41. The van der Waals surface area contributed by atoms with E-state index >= 15 is 0 Å². The molecule has 1 amide bonds. The minimum Gasteiger partial charge on any atom is -0.385 e. The highest BCUT2D eigenvalue weighted by molar-refractivity contribution is 7.94. The maximum atomic E-state index is 13.0. The number of nitrogens with one attached hydrogen (secondary N) is 2. The Balaban J connectivity index is 2.43. The van der Waals surface area contributed by atoms with Crippen molar-refractivity contribution in [2.75, 3.05) is 33.4 Å². The predicted molar refractivity (Wildman–Crippen MR) is 106 cm³/mol. The molecule has 1 aromatic heterocycles. The Bertz CT molecular complexity index is 908. The Labute approximate surface area is 170 Å². The summed E-state index contributed by atoms with van der Waals surface area (Å²) in [6, 6.07) is 1.03. The highest BCUT2D eigenvalue weighted by atomic mass is 32.3. The van der Waals surface area contributed by atoms with Crippen LogP contribution in [0.1, 0.15) is 38.8 Å². The molecule has 12 heteroatoms. The Morgan fingerprint density at radius 3 is 2.68 bits per heavy atom. The van der Waals surface area contributed by atoms with Crippen molar-refractivity contribution in [3.8, 4) is 0 Å². The second-order valence-electron chi connectivity index (χ2n) is 6.75. The van der Waals surface area contributed by atoms with Crippen LogP contribution in [0, 0.1) is 5.92 Å². The predicted octanol–water partition coefficient (Wildman–Crippen LogP) is 0.900. The quantitative estimate of drug-likeness (QED) is 0.533. The van der Waals surface area contributed by atoms with Crippen LogP contribution in [0.4, 0.5) is 0 Å². The number of hydrogen-bond acceptors (Lipinski definition) is 8.